The first-order valence-electron chi connectivity index (χ1n) is 4.08. The Kier molecular flexibility index (Phi) is 3.65. The van der Waals surface area contributed by atoms with Crippen LogP contribution in [0, 0.1) is 0 Å². The van der Waals surface area contributed by atoms with Gasteiger partial charge in [0, 0.05) is 24.2 Å². The minimum atomic E-state index is 0.201. The zero-order valence-electron chi connectivity index (χ0n) is 7.45. The number of nitrogens with zero attached hydrogens (tertiary/aromatic N) is 1. The van der Waals surface area contributed by atoms with Gasteiger partial charge in [-0.05, 0) is 13.8 Å². The fourth-order valence-corrected chi connectivity index (χ4v) is 1.57. The molecule has 0 aliphatic heterocycles. The van der Waals surface area contributed by atoms with Gasteiger partial charge in [0.25, 0.3) is 0 Å². The van der Waals surface area contributed by atoms with Crippen molar-refractivity contribution in [2.24, 2.45) is 5.73 Å². The number of nitrogens with two attached hydrogens (primary N) is 1. The molecule has 0 saturated carbocycles. The molecule has 0 amide bonds. The van der Waals surface area contributed by atoms with Gasteiger partial charge in [-0.25, -0.2) is 4.98 Å². The Bertz CT molecular complexity index is 208. The highest BCUT2D eigenvalue weighted by molar-refractivity contribution is 7.09. The number of thiazole rings is 1. The Morgan fingerprint density at radius 1 is 1.67 bits per heavy atom. The van der Waals surface area contributed by atoms with Crippen LogP contribution in [0.2, 0.25) is 0 Å². The third-order valence-corrected chi connectivity index (χ3v) is 2.53. The molecular formula is C8H15N3S. The van der Waals surface area contributed by atoms with Crippen molar-refractivity contribution in [3.63, 3.8) is 0 Å². The summed E-state index contributed by atoms with van der Waals surface area (Å²) in [7, 11) is 0. The summed E-state index contributed by atoms with van der Waals surface area (Å²) in [5.41, 5.74) is 5.61. The maximum absolute atomic E-state index is 5.61. The molecule has 4 heteroatoms. The van der Waals surface area contributed by atoms with Crippen LogP contribution < -0.4 is 11.1 Å². The van der Waals surface area contributed by atoms with Crippen molar-refractivity contribution < 1.29 is 0 Å². The van der Waals surface area contributed by atoms with Crippen molar-refractivity contribution in [2.75, 3.05) is 6.54 Å². The van der Waals surface area contributed by atoms with Crippen molar-refractivity contribution >= 4 is 11.3 Å². The molecule has 1 aromatic heterocycles. The first kappa shape index (κ1) is 9.64. The monoisotopic (exact) mass is 185 g/mol. The number of hydrogen-bond donors (Lipinski definition) is 2. The summed E-state index contributed by atoms with van der Waals surface area (Å²) in [5.74, 6) is 0. The van der Waals surface area contributed by atoms with Crippen molar-refractivity contribution in [1.29, 1.82) is 0 Å². The van der Waals surface area contributed by atoms with Crippen LogP contribution in [0.3, 0.4) is 0 Å². The van der Waals surface area contributed by atoms with Crippen LogP contribution in [0.15, 0.2) is 11.6 Å². The SMILES string of the molecule is CC(N)CNC(C)c1nccs1. The van der Waals surface area contributed by atoms with Gasteiger partial charge in [0.05, 0.1) is 6.04 Å². The Morgan fingerprint density at radius 2 is 2.42 bits per heavy atom. The van der Waals surface area contributed by atoms with Crippen LogP contribution in [0.4, 0.5) is 0 Å². The molecule has 3 nitrogen and oxygen atoms in total. The van der Waals surface area contributed by atoms with E-state index in [1.807, 2.05) is 18.5 Å². The molecule has 3 N–H and O–H groups in total. The van der Waals surface area contributed by atoms with E-state index in [0.29, 0.717) is 6.04 Å². The highest BCUT2D eigenvalue weighted by atomic mass is 32.1. The van der Waals surface area contributed by atoms with E-state index in [-0.39, 0.29) is 6.04 Å². The smallest absolute Gasteiger partial charge is 0.109 e. The molecule has 0 bridgehead atoms. The zero-order chi connectivity index (χ0) is 8.97. The van der Waals surface area contributed by atoms with Crippen molar-refractivity contribution in [2.45, 2.75) is 25.9 Å². The van der Waals surface area contributed by atoms with Crippen LogP contribution in [0.25, 0.3) is 0 Å². The predicted molar refractivity (Wildman–Crippen MR) is 52.2 cm³/mol. The highest BCUT2D eigenvalue weighted by Gasteiger charge is 2.06. The molecule has 2 unspecified atom stereocenters. The number of aromatic nitrogens is 1. The Hall–Kier alpha value is -0.450. The zero-order valence-corrected chi connectivity index (χ0v) is 8.27. The van der Waals surface area contributed by atoms with E-state index in [0.717, 1.165) is 11.6 Å². The molecule has 0 spiro atoms. The third-order valence-electron chi connectivity index (χ3n) is 1.57. The largest absolute Gasteiger partial charge is 0.327 e. The fourth-order valence-electron chi connectivity index (χ4n) is 0.898. The van der Waals surface area contributed by atoms with Crippen LogP contribution in [-0.4, -0.2) is 17.6 Å². The van der Waals surface area contributed by atoms with Crippen LogP contribution in [-0.2, 0) is 0 Å². The molecule has 1 heterocycles. The highest BCUT2D eigenvalue weighted by Crippen LogP contribution is 2.13. The lowest BCUT2D eigenvalue weighted by atomic mass is 10.3. The fraction of sp³-hybridized carbons (Fsp3) is 0.625. The van der Waals surface area contributed by atoms with Crippen LogP contribution >= 0.6 is 11.3 Å². The summed E-state index contributed by atoms with van der Waals surface area (Å²) < 4.78 is 0. The standard InChI is InChI=1S/C8H15N3S/c1-6(9)5-11-7(2)8-10-3-4-12-8/h3-4,6-7,11H,5,9H2,1-2H3. The molecular weight excluding hydrogens is 170 g/mol. The Balaban J connectivity index is 2.34. The lowest BCUT2D eigenvalue weighted by molar-refractivity contribution is 0.532. The predicted octanol–water partition coefficient (Wildman–Crippen LogP) is 1.14. The molecule has 12 heavy (non-hydrogen) atoms. The van der Waals surface area contributed by atoms with Crippen LogP contribution in [0.5, 0.6) is 0 Å². The molecule has 0 fully saturated rings. The van der Waals surface area contributed by atoms with E-state index in [1.165, 1.54) is 0 Å². The minimum Gasteiger partial charge on any atom is -0.327 e. The summed E-state index contributed by atoms with van der Waals surface area (Å²) in [4.78, 5) is 4.21. The van der Waals surface area contributed by atoms with Gasteiger partial charge in [0.2, 0.25) is 0 Å². The summed E-state index contributed by atoms with van der Waals surface area (Å²) in [6.07, 6.45) is 1.82. The van der Waals surface area contributed by atoms with E-state index in [4.69, 9.17) is 5.73 Å². The van der Waals surface area contributed by atoms with E-state index in [2.05, 4.69) is 17.2 Å². The number of hydrogen-bond acceptors (Lipinski definition) is 4. The second kappa shape index (κ2) is 4.54. The summed E-state index contributed by atoms with van der Waals surface area (Å²) in [6, 6.07) is 0.517. The van der Waals surface area contributed by atoms with Gasteiger partial charge in [-0.1, -0.05) is 0 Å². The number of nitrogens with one attached hydrogen (secondary N) is 1. The first-order chi connectivity index (χ1) is 5.70. The van der Waals surface area contributed by atoms with Gasteiger partial charge in [0.1, 0.15) is 5.01 Å². The maximum atomic E-state index is 5.61. The van der Waals surface area contributed by atoms with Crippen molar-refractivity contribution in [3.8, 4) is 0 Å². The summed E-state index contributed by atoms with van der Waals surface area (Å²) in [6.45, 7) is 4.92. The number of rotatable bonds is 4. The molecule has 0 saturated heterocycles. The molecule has 1 rings (SSSR count). The molecule has 2 atom stereocenters. The van der Waals surface area contributed by atoms with E-state index in [1.54, 1.807) is 11.3 Å². The third kappa shape index (κ3) is 2.89. The second-order valence-corrected chi connectivity index (χ2v) is 3.90. The molecule has 68 valence electrons. The van der Waals surface area contributed by atoms with Gasteiger partial charge >= 0.3 is 0 Å². The van der Waals surface area contributed by atoms with Crippen molar-refractivity contribution in [3.05, 3.63) is 16.6 Å². The summed E-state index contributed by atoms with van der Waals surface area (Å²) in [5, 5.41) is 6.41. The van der Waals surface area contributed by atoms with E-state index in [9.17, 15) is 0 Å². The minimum absolute atomic E-state index is 0.201. The molecule has 0 aliphatic rings. The Morgan fingerprint density at radius 3 is 2.92 bits per heavy atom. The molecule has 0 radical (unpaired) electrons. The molecule has 1 aromatic rings. The van der Waals surface area contributed by atoms with E-state index >= 15 is 0 Å². The average Bonchev–Trinajstić information content (AvgIpc) is 2.51. The van der Waals surface area contributed by atoms with Gasteiger partial charge < -0.3 is 11.1 Å². The maximum Gasteiger partial charge on any atom is 0.109 e. The van der Waals surface area contributed by atoms with E-state index < -0.39 is 0 Å². The lowest BCUT2D eigenvalue weighted by Gasteiger charge is -2.12. The van der Waals surface area contributed by atoms with Gasteiger partial charge in [-0.15, -0.1) is 11.3 Å². The van der Waals surface area contributed by atoms with Gasteiger partial charge in [-0.3, -0.25) is 0 Å². The Labute approximate surface area is 77.0 Å². The quantitative estimate of drug-likeness (QED) is 0.739. The average molecular weight is 185 g/mol. The van der Waals surface area contributed by atoms with Crippen LogP contribution in [0.1, 0.15) is 24.9 Å². The molecule has 0 aliphatic carbocycles. The topological polar surface area (TPSA) is 50.9 Å². The lowest BCUT2D eigenvalue weighted by Crippen LogP contribution is -2.32. The van der Waals surface area contributed by atoms with Crippen molar-refractivity contribution in [1.82, 2.24) is 10.3 Å². The molecule has 0 aromatic carbocycles. The normalized spacial score (nSPS) is 15.9. The van der Waals surface area contributed by atoms with Gasteiger partial charge in [-0.2, -0.15) is 0 Å². The summed E-state index contributed by atoms with van der Waals surface area (Å²) >= 11 is 1.67. The first-order valence-corrected chi connectivity index (χ1v) is 4.96. The van der Waals surface area contributed by atoms with Gasteiger partial charge in [0.15, 0.2) is 0 Å². The second-order valence-electron chi connectivity index (χ2n) is 2.98.